The van der Waals surface area contributed by atoms with Gasteiger partial charge in [0.1, 0.15) is 5.82 Å². The molecule has 32 heavy (non-hydrogen) atoms. The number of H-pyrrole nitrogens is 1. The molecule has 4 heterocycles. The lowest BCUT2D eigenvalue weighted by Crippen LogP contribution is -2.47. The number of aromatic nitrogens is 1. The van der Waals surface area contributed by atoms with Crippen molar-refractivity contribution in [1.82, 2.24) is 14.8 Å². The van der Waals surface area contributed by atoms with Gasteiger partial charge in [-0.25, -0.2) is 4.39 Å². The normalized spacial score (nSPS) is 27.0. The molecule has 168 valence electrons. The summed E-state index contributed by atoms with van der Waals surface area (Å²) >= 11 is 0. The lowest BCUT2D eigenvalue weighted by atomic mass is 9.96. The third kappa shape index (κ3) is 3.54. The first-order chi connectivity index (χ1) is 15.4. The number of carbonyl (C=O) groups is 2. The maximum atomic E-state index is 14.2. The zero-order chi connectivity index (χ0) is 22.4. The highest BCUT2D eigenvalue weighted by Crippen LogP contribution is 2.40. The van der Waals surface area contributed by atoms with E-state index < -0.39 is 5.82 Å². The fourth-order valence-corrected chi connectivity index (χ4v) is 5.62. The highest BCUT2D eigenvalue weighted by molar-refractivity contribution is 6.45. The van der Waals surface area contributed by atoms with Crippen LogP contribution in [0.25, 0.3) is 11.1 Å². The molecule has 6 nitrogen and oxygen atoms in total. The molecule has 3 aliphatic rings. The lowest BCUT2D eigenvalue weighted by Gasteiger charge is -2.33. The number of anilines is 1. The third-order valence-corrected chi connectivity index (χ3v) is 7.14. The van der Waals surface area contributed by atoms with E-state index in [0.29, 0.717) is 28.4 Å². The van der Waals surface area contributed by atoms with E-state index in [1.54, 1.807) is 24.4 Å². The van der Waals surface area contributed by atoms with Crippen molar-refractivity contribution in [1.29, 1.82) is 0 Å². The number of carbonyl (C=O) groups excluding carboxylic acids is 2. The topological polar surface area (TPSA) is 68.4 Å². The molecular formula is C25H29FN4O2. The zero-order valence-corrected chi connectivity index (χ0v) is 18.5. The maximum absolute atomic E-state index is 14.2. The van der Waals surface area contributed by atoms with Gasteiger partial charge in [-0.1, -0.05) is 6.92 Å². The molecule has 0 spiro atoms. The van der Waals surface area contributed by atoms with Crippen molar-refractivity contribution in [3.05, 3.63) is 53.6 Å². The molecule has 2 saturated heterocycles. The fraction of sp³-hybridized carbons (Fsp3) is 0.440. The van der Waals surface area contributed by atoms with Crippen molar-refractivity contribution >= 4 is 28.6 Å². The van der Waals surface area contributed by atoms with E-state index >= 15 is 0 Å². The van der Waals surface area contributed by atoms with Crippen LogP contribution in [-0.2, 0) is 9.59 Å². The Morgan fingerprint density at radius 2 is 1.97 bits per heavy atom. The van der Waals surface area contributed by atoms with Crippen molar-refractivity contribution in [2.75, 3.05) is 25.0 Å². The standard InChI is InChI=1S/C25H29FN4O2/c1-15-12-16(2)30(21(15)14-29-10-3-4-11-29)25(32)23(20-6-5-9-27-20)22-18-13-17(26)7-8-19(18)28-24(22)31/h5-9,13,15-16,21,27H,3-4,10-12,14H2,1-2H3,(H,28,31)/t15?,16?,21-/m1/s1. The van der Waals surface area contributed by atoms with Crippen LogP contribution >= 0.6 is 0 Å². The van der Waals surface area contributed by atoms with Crippen molar-refractivity contribution in [3.8, 4) is 0 Å². The van der Waals surface area contributed by atoms with Crippen LogP contribution in [0.2, 0.25) is 0 Å². The SMILES string of the molecule is CC1CC(C)N(C(=O)C(=C2C(=O)Nc3ccc(F)cc32)c2ccc[nH]2)[C@@H]1CN1CCCC1. The number of hydrogen-bond acceptors (Lipinski definition) is 3. The highest BCUT2D eigenvalue weighted by atomic mass is 19.1. The number of aromatic amines is 1. The van der Waals surface area contributed by atoms with Gasteiger partial charge >= 0.3 is 0 Å². The fourth-order valence-electron chi connectivity index (χ4n) is 5.62. The molecule has 7 heteroatoms. The second kappa shape index (κ2) is 8.20. The second-order valence-corrected chi connectivity index (χ2v) is 9.33. The quantitative estimate of drug-likeness (QED) is 0.718. The van der Waals surface area contributed by atoms with Crippen LogP contribution in [-0.4, -0.2) is 58.3 Å². The predicted octanol–water partition coefficient (Wildman–Crippen LogP) is 3.74. The Morgan fingerprint density at radius 1 is 1.19 bits per heavy atom. The third-order valence-electron chi connectivity index (χ3n) is 7.14. The van der Waals surface area contributed by atoms with Gasteiger partial charge in [-0.3, -0.25) is 9.59 Å². The first-order valence-electron chi connectivity index (χ1n) is 11.5. The Balaban J connectivity index is 1.60. The van der Waals surface area contributed by atoms with E-state index in [1.807, 2.05) is 4.90 Å². The monoisotopic (exact) mass is 436 g/mol. The first-order valence-corrected chi connectivity index (χ1v) is 11.5. The van der Waals surface area contributed by atoms with Crippen LogP contribution in [0.5, 0.6) is 0 Å². The van der Waals surface area contributed by atoms with Crippen molar-refractivity contribution in [2.24, 2.45) is 5.92 Å². The van der Waals surface area contributed by atoms with Gasteiger partial charge < -0.3 is 20.1 Å². The van der Waals surface area contributed by atoms with Crippen LogP contribution in [0.15, 0.2) is 36.5 Å². The number of benzene rings is 1. The number of rotatable bonds is 4. The van der Waals surface area contributed by atoms with E-state index in [9.17, 15) is 14.0 Å². The number of halogens is 1. The lowest BCUT2D eigenvalue weighted by molar-refractivity contribution is -0.128. The molecule has 0 saturated carbocycles. The number of nitrogens with zero attached hydrogens (tertiary/aromatic N) is 2. The maximum Gasteiger partial charge on any atom is 0.257 e. The Bertz CT molecular complexity index is 1070. The minimum atomic E-state index is -0.439. The minimum Gasteiger partial charge on any atom is -0.361 e. The van der Waals surface area contributed by atoms with Gasteiger partial charge in [0.2, 0.25) is 0 Å². The molecule has 2 aromatic rings. The predicted molar refractivity (Wildman–Crippen MR) is 122 cm³/mol. The molecule has 1 aromatic carbocycles. The summed E-state index contributed by atoms with van der Waals surface area (Å²) < 4.78 is 14.1. The molecule has 3 atom stereocenters. The number of nitrogens with one attached hydrogen (secondary N) is 2. The van der Waals surface area contributed by atoms with E-state index in [4.69, 9.17) is 0 Å². The van der Waals surface area contributed by atoms with Crippen molar-refractivity contribution < 1.29 is 14.0 Å². The summed E-state index contributed by atoms with van der Waals surface area (Å²) in [4.78, 5) is 34.7. The average molecular weight is 437 g/mol. The molecule has 0 radical (unpaired) electrons. The summed E-state index contributed by atoms with van der Waals surface area (Å²) in [6.07, 6.45) is 5.06. The minimum absolute atomic E-state index is 0.0621. The van der Waals surface area contributed by atoms with E-state index in [1.165, 1.54) is 25.0 Å². The van der Waals surface area contributed by atoms with Crippen molar-refractivity contribution in [2.45, 2.75) is 45.2 Å². The molecule has 2 fully saturated rings. The van der Waals surface area contributed by atoms with Gasteiger partial charge in [0.05, 0.1) is 16.8 Å². The Morgan fingerprint density at radius 3 is 2.69 bits per heavy atom. The van der Waals surface area contributed by atoms with Gasteiger partial charge in [-0.05, 0) is 75.5 Å². The van der Waals surface area contributed by atoms with Gasteiger partial charge in [-0.15, -0.1) is 0 Å². The van der Waals surface area contributed by atoms with Gasteiger partial charge in [-0.2, -0.15) is 0 Å². The molecule has 2 N–H and O–H groups in total. The number of amides is 2. The first kappa shape index (κ1) is 20.9. The second-order valence-electron chi connectivity index (χ2n) is 9.33. The van der Waals surface area contributed by atoms with Crippen LogP contribution in [0.4, 0.5) is 10.1 Å². The summed E-state index contributed by atoms with van der Waals surface area (Å²) in [5.74, 6) is -0.618. The van der Waals surface area contributed by atoms with Crippen LogP contribution < -0.4 is 5.32 Å². The molecule has 0 bridgehead atoms. The van der Waals surface area contributed by atoms with E-state index in [0.717, 1.165) is 26.1 Å². The Kier molecular flexibility index (Phi) is 5.37. The molecule has 2 amide bonds. The number of hydrogen-bond donors (Lipinski definition) is 2. The smallest absolute Gasteiger partial charge is 0.257 e. The average Bonchev–Trinajstić information content (AvgIpc) is 3.53. The Labute approximate surface area is 187 Å². The van der Waals surface area contributed by atoms with Gasteiger partial charge in [0.15, 0.2) is 0 Å². The zero-order valence-electron chi connectivity index (χ0n) is 18.5. The molecule has 3 aliphatic heterocycles. The summed E-state index contributed by atoms with van der Waals surface area (Å²) in [5.41, 5.74) is 2.08. The van der Waals surface area contributed by atoms with Crippen LogP contribution in [0.3, 0.4) is 0 Å². The van der Waals surface area contributed by atoms with Crippen LogP contribution in [0, 0.1) is 11.7 Å². The molecular weight excluding hydrogens is 407 g/mol. The van der Waals surface area contributed by atoms with E-state index in [-0.39, 0.29) is 29.5 Å². The summed E-state index contributed by atoms with van der Waals surface area (Å²) in [5, 5.41) is 2.80. The Hall–Kier alpha value is -2.93. The molecule has 0 aliphatic carbocycles. The van der Waals surface area contributed by atoms with Crippen molar-refractivity contribution in [3.63, 3.8) is 0 Å². The molecule has 2 unspecified atom stereocenters. The summed E-state index contributed by atoms with van der Waals surface area (Å²) in [6.45, 7) is 7.27. The molecule has 1 aromatic heterocycles. The molecule has 5 rings (SSSR count). The largest absolute Gasteiger partial charge is 0.361 e. The van der Waals surface area contributed by atoms with Gasteiger partial charge in [0, 0.05) is 36.1 Å². The summed E-state index contributed by atoms with van der Waals surface area (Å²) in [6, 6.07) is 7.93. The number of likely N-dealkylation sites (tertiary alicyclic amines) is 2. The summed E-state index contributed by atoms with van der Waals surface area (Å²) in [7, 11) is 0. The van der Waals surface area contributed by atoms with Crippen LogP contribution in [0.1, 0.15) is 44.4 Å². The van der Waals surface area contributed by atoms with E-state index in [2.05, 4.69) is 29.0 Å². The highest BCUT2D eigenvalue weighted by Gasteiger charge is 2.43. The van der Waals surface area contributed by atoms with Gasteiger partial charge in [0.25, 0.3) is 11.8 Å². The number of fused-ring (bicyclic) bond motifs is 1.